The molecule has 0 aliphatic carbocycles. The standard InChI is InChI=1S/C21H27BrI2N2O2Si/c1-11(2)29(12(3)4,13(5)6)26-10-15(19-20(23)25-21(24)28-19)18-16(26)8-14(22)9-17(18)27-7/h8-13H,1-7H3. The van der Waals surface area contributed by atoms with Crippen LogP contribution in [0.4, 0.5) is 0 Å². The van der Waals surface area contributed by atoms with Gasteiger partial charge in [0.25, 0.3) is 3.90 Å². The van der Waals surface area contributed by atoms with Crippen LogP contribution in [0.25, 0.3) is 22.2 Å². The number of fused-ring (bicyclic) bond motifs is 1. The first-order valence-corrected chi connectivity index (χ1v) is 14.9. The zero-order valence-corrected chi connectivity index (χ0v) is 24.7. The zero-order chi connectivity index (χ0) is 21.7. The minimum atomic E-state index is -1.98. The molecule has 0 N–H and O–H groups in total. The molecule has 8 heteroatoms. The lowest BCUT2D eigenvalue weighted by Gasteiger charge is -2.44. The molecule has 0 saturated carbocycles. The summed E-state index contributed by atoms with van der Waals surface area (Å²) in [6.45, 7) is 14.3. The lowest BCUT2D eigenvalue weighted by Crippen LogP contribution is -2.51. The van der Waals surface area contributed by atoms with Crippen LogP contribution in [0.3, 0.4) is 0 Å². The topological polar surface area (TPSA) is 40.2 Å². The number of hydrogen-bond acceptors (Lipinski definition) is 3. The first-order chi connectivity index (χ1) is 13.5. The minimum absolute atomic E-state index is 0.574. The van der Waals surface area contributed by atoms with Gasteiger partial charge in [-0.1, -0.05) is 57.5 Å². The quantitative estimate of drug-likeness (QED) is 0.192. The lowest BCUT2D eigenvalue weighted by molar-refractivity contribution is 0.419. The maximum atomic E-state index is 6.05. The summed E-state index contributed by atoms with van der Waals surface area (Å²) in [5, 5.41) is 1.10. The first-order valence-electron chi connectivity index (χ1n) is 9.76. The number of nitrogens with zero attached hydrogens (tertiary/aromatic N) is 2. The number of benzene rings is 1. The molecule has 0 bridgehead atoms. The van der Waals surface area contributed by atoms with E-state index in [9.17, 15) is 0 Å². The molecule has 0 amide bonds. The molecule has 0 fully saturated rings. The normalized spacial score (nSPS) is 12.7. The van der Waals surface area contributed by atoms with Crippen LogP contribution in [0.15, 0.2) is 27.2 Å². The van der Waals surface area contributed by atoms with E-state index in [0.29, 0.717) is 20.5 Å². The van der Waals surface area contributed by atoms with Crippen LogP contribution < -0.4 is 4.74 Å². The molecule has 4 nitrogen and oxygen atoms in total. The van der Waals surface area contributed by atoms with Crippen molar-refractivity contribution in [2.24, 2.45) is 0 Å². The molecule has 0 unspecified atom stereocenters. The Balaban J connectivity index is 2.52. The summed E-state index contributed by atoms with van der Waals surface area (Å²) in [5.41, 5.74) is 3.98. The monoisotopic (exact) mass is 700 g/mol. The van der Waals surface area contributed by atoms with Gasteiger partial charge in [0.15, 0.2) is 14.0 Å². The third-order valence-corrected chi connectivity index (χ3v) is 14.5. The van der Waals surface area contributed by atoms with Gasteiger partial charge in [-0.2, -0.15) is 4.98 Å². The van der Waals surface area contributed by atoms with E-state index in [4.69, 9.17) is 9.15 Å². The van der Waals surface area contributed by atoms with Crippen LogP contribution in [-0.2, 0) is 0 Å². The minimum Gasteiger partial charge on any atom is -0.496 e. The highest BCUT2D eigenvalue weighted by atomic mass is 127. The molecule has 2 aromatic heterocycles. The van der Waals surface area contributed by atoms with Crippen LogP contribution in [0.1, 0.15) is 41.5 Å². The molecule has 29 heavy (non-hydrogen) atoms. The first kappa shape index (κ1) is 23.6. The van der Waals surface area contributed by atoms with Crippen molar-refractivity contribution in [3.05, 3.63) is 30.4 Å². The lowest BCUT2D eigenvalue weighted by atomic mass is 10.1. The summed E-state index contributed by atoms with van der Waals surface area (Å²) in [6.07, 6.45) is 2.31. The van der Waals surface area contributed by atoms with Gasteiger partial charge in [-0.15, -0.1) is 0 Å². The Morgan fingerprint density at radius 3 is 2.10 bits per heavy atom. The Morgan fingerprint density at radius 2 is 1.66 bits per heavy atom. The molecule has 0 radical (unpaired) electrons. The van der Waals surface area contributed by atoms with Crippen LogP contribution in [0.5, 0.6) is 5.75 Å². The second-order valence-corrected chi connectivity index (χ2v) is 16.9. The second-order valence-electron chi connectivity index (χ2n) is 8.35. The van der Waals surface area contributed by atoms with Crippen LogP contribution in [-0.4, -0.2) is 24.6 Å². The number of methoxy groups -OCH3 is 1. The van der Waals surface area contributed by atoms with Crippen molar-refractivity contribution in [3.63, 3.8) is 0 Å². The van der Waals surface area contributed by atoms with Crippen molar-refractivity contribution in [3.8, 4) is 17.1 Å². The molecule has 3 aromatic rings. The Kier molecular flexibility index (Phi) is 7.17. The van der Waals surface area contributed by atoms with Gasteiger partial charge in [-0.05, 0) is 51.3 Å². The molecule has 0 aliphatic rings. The van der Waals surface area contributed by atoms with E-state index in [1.165, 1.54) is 5.52 Å². The molecule has 0 saturated heterocycles. The molecule has 158 valence electrons. The van der Waals surface area contributed by atoms with Gasteiger partial charge in [-0.25, -0.2) is 0 Å². The Labute approximate surface area is 209 Å². The molecular formula is C21H27BrI2N2O2Si. The molecule has 2 heterocycles. The van der Waals surface area contributed by atoms with E-state index in [1.807, 2.05) is 6.07 Å². The Hall–Kier alpha value is -0.0731. The van der Waals surface area contributed by atoms with E-state index in [0.717, 1.165) is 30.6 Å². The number of rotatable bonds is 6. The van der Waals surface area contributed by atoms with Crippen molar-refractivity contribution in [2.45, 2.75) is 58.2 Å². The van der Waals surface area contributed by atoms with Gasteiger partial charge in [0.05, 0.1) is 12.5 Å². The molecular weight excluding hydrogens is 674 g/mol. The molecule has 3 rings (SSSR count). The summed E-state index contributed by atoms with van der Waals surface area (Å²) in [5.74, 6) is 1.67. The largest absolute Gasteiger partial charge is 0.496 e. The average molecular weight is 701 g/mol. The summed E-state index contributed by atoms with van der Waals surface area (Å²) >= 11 is 8.10. The number of aromatic nitrogens is 2. The Bertz CT molecular complexity index is 1020. The van der Waals surface area contributed by atoms with E-state index in [1.54, 1.807) is 7.11 Å². The maximum absolute atomic E-state index is 6.05. The summed E-state index contributed by atoms with van der Waals surface area (Å²) < 4.78 is 17.0. The van der Waals surface area contributed by atoms with Crippen molar-refractivity contribution >= 4 is 80.3 Å². The number of hydrogen-bond donors (Lipinski definition) is 0. The van der Waals surface area contributed by atoms with Crippen molar-refractivity contribution in [2.75, 3.05) is 7.11 Å². The fourth-order valence-corrected chi connectivity index (χ4v) is 13.8. The van der Waals surface area contributed by atoms with Gasteiger partial charge in [0, 0.05) is 44.3 Å². The van der Waals surface area contributed by atoms with Crippen molar-refractivity contribution < 1.29 is 9.15 Å². The number of halogens is 3. The maximum Gasteiger partial charge on any atom is 0.258 e. The fourth-order valence-electron chi connectivity index (χ4n) is 5.22. The van der Waals surface area contributed by atoms with E-state index in [-0.39, 0.29) is 0 Å². The Morgan fingerprint density at radius 1 is 1.07 bits per heavy atom. The summed E-state index contributed by atoms with van der Waals surface area (Å²) in [6, 6.07) is 4.26. The van der Waals surface area contributed by atoms with Crippen LogP contribution >= 0.6 is 61.1 Å². The SMILES string of the molecule is COc1cc(Br)cc2c1c(-c1oc(I)nc1I)cn2[Si](C(C)C)(C(C)C)C(C)C. The van der Waals surface area contributed by atoms with Gasteiger partial charge < -0.3 is 13.4 Å². The third-order valence-electron chi connectivity index (χ3n) is 6.05. The predicted octanol–water partition coefficient (Wildman–Crippen LogP) is 8.30. The van der Waals surface area contributed by atoms with E-state index in [2.05, 4.69) is 124 Å². The zero-order valence-electron chi connectivity index (χ0n) is 17.8. The number of ether oxygens (including phenoxy) is 1. The summed E-state index contributed by atoms with van der Waals surface area (Å²) in [4.78, 5) is 4.50. The van der Waals surface area contributed by atoms with Gasteiger partial charge in [0.1, 0.15) is 9.45 Å². The molecule has 0 aliphatic heterocycles. The van der Waals surface area contributed by atoms with Gasteiger partial charge in [0.2, 0.25) is 0 Å². The number of oxazole rings is 1. The second kappa shape index (κ2) is 8.82. The van der Waals surface area contributed by atoms with Gasteiger partial charge in [-0.3, -0.25) is 0 Å². The van der Waals surface area contributed by atoms with Crippen molar-refractivity contribution in [1.82, 2.24) is 9.22 Å². The fraction of sp³-hybridized carbons (Fsp3) is 0.476. The average Bonchev–Trinajstić information content (AvgIpc) is 3.13. The molecule has 1 aromatic carbocycles. The van der Waals surface area contributed by atoms with Crippen LogP contribution in [0.2, 0.25) is 16.6 Å². The van der Waals surface area contributed by atoms with Crippen molar-refractivity contribution in [1.29, 1.82) is 0 Å². The highest BCUT2D eigenvalue weighted by Gasteiger charge is 2.46. The third kappa shape index (κ3) is 3.84. The predicted molar refractivity (Wildman–Crippen MR) is 144 cm³/mol. The highest BCUT2D eigenvalue weighted by molar-refractivity contribution is 14.1. The molecule has 0 atom stereocenters. The van der Waals surface area contributed by atoms with E-state index >= 15 is 0 Å². The molecule has 0 spiro atoms. The van der Waals surface area contributed by atoms with E-state index < -0.39 is 8.24 Å². The van der Waals surface area contributed by atoms with Crippen LogP contribution in [0, 0.1) is 7.60 Å². The van der Waals surface area contributed by atoms with Gasteiger partial charge >= 0.3 is 0 Å². The highest BCUT2D eigenvalue weighted by Crippen LogP contribution is 2.48. The smallest absolute Gasteiger partial charge is 0.258 e. The summed E-state index contributed by atoms with van der Waals surface area (Å²) in [7, 11) is -0.244.